The van der Waals surface area contributed by atoms with Crippen molar-refractivity contribution in [1.82, 2.24) is 10.2 Å². The minimum absolute atomic E-state index is 0.822. The van der Waals surface area contributed by atoms with Gasteiger partial charge in [-0.05, 0) is 41.3 Å². The second kappa shape index (κ2) is 8.37. The molecule has 0 aliphatic rings. The zero-order valence-corrected chi connectivity index (χ0v) is 16.6. The Hall–Kier alpha value is -2.63. The van der Waals surface area contributed by atoms with Crippen LogP contribution in [0, 0.1) is 6.92 Å². The monoisotopic (exact) mass is 389 g/mol. The van der Waals surface area contributed by atoms with Crippen LogP contribution in [0.3, 0.4) is 0 Å². The summed E-state index contributed by atoms with van der Waals surface area (Å²) in [6.45, 7) is 2.08. The molecule has 134 valence electrons. The second-order valence-electron chi connectivity index (χ2n) is 6.22. The van der Waals surface area contributed by atoms with Crippen LogP contribution in [0.15, 0.2) is 83.2 Å². The van der Waals surface area contributed by atoms with Crippen molar-refractivity contribution in [2.24, 2.45) is 0 Å². The van der Waals surface area contributed by atoms with Gasteiger partial charge < -0.3 is 5.32 Å². The van der Waals surface area contributed by atoms with Crippen LogP contribution in [0.4, 0.5) is 10.8 Å². The van der Waals surface area contributed by atoms with Crippen LogP contribution in [0.1, 0.15) is 11.1 Å². The summed E-state index contributed by atoms with van der Waals surface area (Å²) in [7, 11) is 0. The zero-order chi connectivity index (χ0) is 18.5. The number of thioether (sulfide) groups is 1. The molecule has 0 spiro atoms. The molecule has 0 aliphatic carbocycles. The van der Waals surface area contributed by atoms with Crippen LogP contribution in [-0.2, 0) is 5.75 Å². The molecule has 0 aliphatic heterocycles. The first kappa shape index (κ1) is 17.8. The molecule has 0 saturated carbocycles. The predicted molar refractivity (Wildman–Crippen MR) is 116 cm³/mol. The normalized spacial score (nSPS) is 10.7. The van der Waals surface area contributed by atoms with Crippen molar-refractivity contribution < 1.29 is 0 Å². The molecular formula is C22H19N3S2. The molecule has 1 aromatic heterocycles. The van der Waals surface area contributed by atoms with Crippen LogP contribution in [0.5, 0.6) is 0 Å². The van der Waals surface area contributed by atoms with Crippen molar-refractivity contribution in [2.75, 3.05) is 5.32 Å². The second-order valence-corrected chi connectivity index (χ2v) is 8.42. The molecule has 0 saturated heterocycles. The third-order valence-electron chi connectivity index (χ3n) is 4.10. The third kappa shape index (κ3) is 4.76. The number of rotatable bonds is 6. The van der Waals surface area contributed by atoms with E-state index >= 15 is 0 Å². The molecular weight excluding hydrogens is 370 g/mol. The third-order valence-corrected chi connectivity index (χ3v) is 6.14. The SMILES string of the molecule is Cc1cccc(Nc2nnc(SCc3ccc(-c4ccccc4)cc3)s2)c1. The lowest BCUT2D eigenvalue weighted by atomic mass is 10.0. The number of anilines is 2. The number of aryl methyl sites for hydroxylation is 1. The van der Waals surface area contributed by atoms with E-state index in [4.69, 9.17) is 0 Å². The highest BCUT2D eigenvalue weighted by Gasteiger charge is 2.06. The minimum Gasteiger partial charge on any atom is -0.330 e. The molecule has 0 atom stereocenters. The highest BCUT2D eigenvalue weighted by molar-refractivity contribution is 8.00. The number of nitrogens with zero attached hydrogens (tertiary/aromatic N) is 2. The molecule has 0 fully saturated rings. The fraction of sp³-hybridized carbons (Fsp3) is 0.0909. The highest BCUT2D eigenvalue weighted by atomic mass is 32.2. The Balaban J connectivity index is 1.36. The fourth-order valence-corrected chi connectivity index (χ4v) is 4.46. The van der Waals surface area contributed by atoms with Crippen molar-refractivity contribution in [1.29, 1.82) is 0 Å². The highest BCUT2D eigenvalue weighted by Crippen LogP contribution is 2.30. The molecule has 0 radical (unpaired) electrons. The molecule has 4 rings (SSSR count). The van der Waals surface area contributed by atoms with Crippen molar-refractivity contribution in [3.05, 3.63) is 90.0 Å². The van der Waals surface area contributed by atoms with E-state index in [9.17, 15) is 0 Å². The van der Waals surface area contributed by atoms with Gasteiger partial charge in [-0.2, -0.15) is 0 Å². The molecule has 1 N–H and O–H groups in total. The maximum atomic E-state index is 4.28. The standard InChI is InChI=1S/C22H19N3S2/c1-16-6-5-9-20(14-16)23-21-24-25-22(27-21)26-15-17-10-12-19(13-11-17)18-7-3-2-4-8-18/h2-14H,15H2,1H3,(H,23,24). The van der Waals surface area contributed by atoms with Crippen LogP contribution >= 0.6 is 23.1 Å². The van der Waals surface area contributed by atoms with Gasteiger partial charge >= 0.3 is 0 Å². The summed E-state index contributed by atoms with van der Waals surface area (Å²) < 4.78 is 0.970. The molecule has 4 aromatic rings. The molecule has 27 heavy (non-hydrogen) atoms. The molecule has 3 aromatic carbocycles. The van der Waals surface area contributed by atoms with E-state index in [2.05, 4.69) is 83.1 Å². The van der Waals surface area contributed by atoms with Gasteiger partial charge in [0.25, 0.3) is 0 Å². The Bertz CT molecular complexity index is 1010. The average Bonchev–Trinajstić information content (AvgIpc) is 3.15. The van der Waals surface area contributed by atoms with Gasteiger partial charge in [0.15, 0.2) is 4.34 Å². The van der Waals surface area contributed by atoms with Crippen LogP contribution in [-0.4, -0.2) is 10.2 Å². The van der Waals surface area contributed by atoms with Gasteiger partial charge in [-0.3, -0.25) is 0 Å². The van der Waals surface area contributed by atoms with Gasteiger partial charge in [0, 0.05) is 11.4 Å². The summed E-state index contributed by atoms with van der Waals surface area (Å²) in [4.78, 5) is 0. The van der Waals surface area contributed by atoms with Gasteiger partial charge in [0.05, 0.1) is 0 Å². The molecule has 0 unspecified atom stereocenters. The first-order chi connectivity index (χ1) is 13.3. The summed E-state index contributed by atoms with van der Waals surface area (Å²) in [5.41, 5.74) is 6.03. The Morgan fingerprint density at radius 1 is 0.852 bits per heavy atom. The fourth-order valence-electron chi connectivity index (χ4n) is 2.73. The van der Waals surface area contributed by atoms with E-state index in [0.717, 1.165) is 20.9 Å². The van der Waals surface area contributed by atoms with Crippen LogP contribution in [0.2, 0.25) is 0 Å². The average molecular weight is 390 g/mol. The Morgan fingerprint density at radius 3 is 2.41 bits per heavy atom. The molecule has 1 heterocycles. The van der Waals surface area contributed by atoms with Gasteiger partial charge in [0.1, 0.15) is 0 Å². The lowest BCUT2D eigenvalue weighted by Gasteiger charge is -2.03. The van der Waals surface area contributed by atoms with Gasteiger partial charge in [0.2, 0.25) is 5.13 Å². The number of hydrogen-bond acceptors (Lipinski definition) is 5. The Kier molecular flexibility index (Phi) is 5.51. The maximum absolute atomic E-state index is 4.28. The molecule has 0 amide bonds. The van der Waals surface area contributed by atoms with E-state index in [0.29, 0.717) is 0 Å². The summed E-state index contributed by atoms with van der Waals surface area (Å²) in [5.74, 6) is 0.883. The van der Waals surface area contributed by atoms with Crippen molar-refractivity contribution in [3.8, 4) is 11.1 Å². The summed E-state index contributed by atoms with van der Waals surface area (Å²) in [5, 5.41) is 12.7. The number of aromatic nitrogens is 2. The first-order valence-electron chi connectivity index (χ1n) is 8.71. The van der Waals surface area contributed by atoms with E-state index < -0.39 is 0 Å². The topological polar surface area (TPSA) is 37.8 Å². The van der Waals surface area contributed by atoms with E-state index in [1.807, 2.05) is 18.2 Å². The number of nitrogens with one attached hydrogen (secondary N) is 1. The van der Waals surface area contributed by atoms with E-state index in [1.165, 1.54) is 22.3 Å². The summed E-state index contributed by atoms with van der Waals surface area (Å²) in [6, 6.07) is 27.4. The largest absolute Gasteiger partial charge is 0.330 e. The minimum atomic E-state index is 0.822. The summed E-state index contributed by atoms with van der Waals surface area (Å²) in [6.07, 6.45) is 0. The Morgan fingerprint density at radius 2 is 1.63 bits per heavy atom. The predicted octanol–water partition coefficient (Wildman–Crippen LogP) is 6.55. The smallest absolute Gasteiger partial charge is 0.210 e. The van der Waals surface area contributed by atoms with Gasteiger partial charge in [-0.1, -0.05) is 89.8 Å². The molecule has 0 bridgehead atoms. The Labute approximate surface area is 167 Å². The molecule has 3 nitrogen and oxygen atoms in total. The van der Waals surface area contributed by atoms with Gasteiger partial charge in [-0.25, -0.2) is 0 Å². The quantitative estimate of drug-likeness (QED) is 0.379. The number of hydrogen-bond donors (Lipinski definition) is 1. The lowest BCUT2D eigenvalue weighted by Crippen LogP contribution is -1.89. The lowest BCUT2D eigenvalue weighted by molar-refractivity contribution is 1.01. The van der Waals surface area contributed by atoms with E-state index in [-0.39, 0.29) is 0 Å². The van der Waals surface area contributed by atoms with Crippen molar-refractivity contribution in [2.45, 2.75) is 17.0 Å². The summed E-state index contributed by atoms with van der Waals surface area (Å²) >= 11 is 3.30. The van der Waals surface area contributed by atoms with Crippen molar-refractivity contribution in [3.63, 3.8) is 0 Å². The number of benzene rings is 3. The van der Waals surface area contributed by atoms with Gasteiger partial charge in [-0.15, -0.1) is 10.2 Å². The molecule has 5 heteroatoms. The van der Waals surface area contributed by atoms with Crippen LogP contribution < -0.4 is 5.32 Å². The van der Waals surface area contributed by atoms with Crippen LogP contribution in [0.25, 0.3) is 11.1 Å². The van der Waals surface area contributed by atoms with E-state index in [1.54, 1.807) is 23.1 Å². The first-order valence-corrected chi connectivity index (χ1v) is 10.5. The maximum Gasteiger partial charge on any atom is 0.210 e. The van der Waals surface area contributed by atoms with Crippen molar-refractivity contribution >= 4 is 33.9 Å². The zero-order valence-electron chi connectivity index (χ0n) is 14.9.